The molecule has 16 nitrogen and oxygen atoms in total. The van der Waals surface area contributed by atoms with Crippen LogP contribution in [0.5, 0.6) is 11.5 Å². The van der Waals surface area contributed by atoms with Crippen molar-refractivity contribution in [2.24, 2.45) is 0 Å². The molecule has 3 aliphatic rings. The quantitative estimate of drug-likeness (QED) is 0.0492. The molecule has 0 spiro atoms. The summed E-state index contributed by atoms with van der Waals surface area (Å²) in [5.41, 5.74) is 2.16. The van der Waals surface area contributed by atoms with Gasteiger partial charge in [0.05, 0.1) is 7.11 Å². The highest BCUT2D eigenvalue weighted by Crippen LogP contribution is 2.43. The van der Waals surface area contributed by atoms with E-state index in [4.69, 9.17) is 23.7 Å². The van der Waals surface area contributed by atoms with Gasteiger partial charge in [-0.05, 0) is 88.4 Å². The minimum absolute atomic E-state index is 0. The number of pyridine rings is 1. The van der Waals surface area contributed by atoms with Crippen LogP contribution in [0.1, 0.15) is 70.8 Å². The lowest BCUT2D eigenvalue weighted by Gasteiger charge is -2.49. The van der Waals surface area contributed by atoms with Crippen LogP contribution in [-0.2, 0) is 46.5 Å². The van der Waals surface area contributed by atoms with Crippen molar-refractivity contribution >= 4 is 53.4 Å². The number of amides is 4. The monoisotopic (exact) mass is 1010 g/mol. The van der Waals surface area contributed by atoms with E-state index in [9.17, 15) is 28.8 Å². The number of nitrogens with zero attached hydrogens (tertiary/aromatic N) is 3. The molecule has 2 saturated heterocycles. The van der Waals surface area contributed by atoms with Crippen LogP contribution >= 0.6 is 11.8 Å². The summed E-state index contributed by atoms with van der Waals surface area (Å²) in [6.07, 6.45) is 3.16. The number of alkyl carbamates (subject to hydrolysis) is 1. The van der Waals surface area contributed by atoms with Gasteiger partial charge >= 0.3 is 18.2 Å². The van der Waals surface area contributed by atoms with Crippen LogP contribution < -0.4 is 41.7 Å². The molecular formula is C50H54BrN5O11S. The number of ether oxygens (including phenoxy) is 5. The van der Waals surface area contributed by atoms with E-state index in [0.717, 1.165) is 16.7 Å². The molecule has 2 N–H and O–H groups in total. The third-order valence-corrected chi connectivity index (χ3v) is 11.8. The normalized spacial score (nSPS) is 17.4. The van der Waals surface area contributed by atoms with Gasteiger partial charge in [-0.1, -0.05) is 60.7 Å². The first-order valence-electron chi connectivity index (χ1n) is 21.7. The molecule has 0 aliphatic carbocycles. The molecule has 3 aliphatic heterocycles. The van der Waals surface area contributed by atoms with Crippen LogP contribution in [0.3, 0.4) is 0 Å². The molecule has 0 bridgehead atoms. The number of benzene rings is 3. The molecule has 4 aromatic rings. The number of rotatable bonds is 13. The predicted octanol–water partition coefficient (Wildman–Crippen LogP) is 3.99. The lowest BCUT2D eigenvalue weighted by molar-refractivity contribution is -0.684. The number of likely N-dealkylation sites (tertiary alicyclic amines) is 1. The fraction of sp³-hybridized carbons (Fsp3) is 0.340. The lowest BCUT2D eigenvalue weighted by Crippen LogP contribution is -3.00. The summed E-state index contributed by atoms with van der Waals surface area (Å²) < 4.78 is 29.2. The predicted molar refractivity (Wildman–Crippen MR) is 247 cm³/mol. The maximum atomic E-state index is 14.5. The second-order valence-electron chi connectivity index (χ2n) is 18.0. The molecule has 0 saturated carbocycles. The molecule has 68 heavy (non-hydrogen) atoms. The van der Waals surface area contributed by atoms with Crippen LogP contribution in [0.15, 0.2) is 126 Å². The maximum absolute atomic E-state index is 14.5. The number of esters is 1. The van der Waals surface area contributed by atoms with E-state index in [0.29, 0.717) is 36.3 Å². The minimum atomic E-state index is -0.936. The number of fused-ring (bicyclic) bond motifs is 1. The zero-order chi connectivity index (χ0) is 48.0. The van der Waals surface area contributed by atoms with Gasteiger partial charge in [-0.3, -0.25) is 19.3 Å². The Hall–Kier alpha value is -6.66. The van der Waals surface area contributed by atoms with Gasteiger partial charge in [-0.25, -0.2) is 14.4 Å². The van der Waals surface area contributed by atoms with Gasteiger partial charge < -0.3 is 56.2 Å². The SMILES string of the molecule is COc1cc(NC(=O)C[n+]2ccc(CN3CC/C(=C\C4=C(C(=O)OC(c5ccccc5)c5ccccc5)N5C(=O)[C@@H](NC(=O)OC(C)(C)C)[C@H]5SC4)C3=O)cc2)ccc1OC(=O)OC(C)(C)C.[Br-]. The molecule has 0 unspecified atom stereocenters. The van der Waals surface area contributed by atoms with Gasteiger partial charge in [0.25, 0.3) is 11.8 Å². The van der Waals surface area contributed by atoms with Gasteiger partial charge in [0.2, 0.25) is 12.5 Å². The summed E-state index contributed by atoms with van der Waals surface area (Å²) in [5, 5.41) is 4.88. The van der Waals surface area contributed by atoms with Gasteiger partial charge in [-0.15, -0.1) is 11.8 Å². The summed E-state index contributed by atoms with van der Waals surface area (Å²) in [6, 6.07) is 25.9. The molecular weight excluding hydrogens is 959 g/mol. The first kappa shape index (κ1) is 50.7. The molecule has 4 amide bonds. The van der Waals surface area contributed by atoms with Crippen LogP contribution in [0.4, 0.5) is 15.3 Å². The Labute approximate surface area is 409 Å². The summed E-state index contributed by atoms with van der Waals surface area (Å²) >= 11 is 1.37. The van der Waals surface area contributed by atoms with Crippen molar-refractivity contribution in [3.05, 3.63) is 143 Å². The average Bonchev–Trinajstić information content (AvgIpc) is 3.61. The molecule has 2 fully saturated rings. The topological polar surface area (TPSA) is 183 Å². The first-order valence-corrected chi connectivity index (χ1v) is 22.8. The Balaban J connectivity index is 0.00000761. The van der Waals surface area contributed by atoms with Crippen molar-refractivity contribution in [2.75, 3.05) is 24.7 Å². The fourth-order valence-electron chi connectivity index (χ4n) is 7.56. The maximum Gasteiger partial charge on any atom is 0.514 e. The summed E-state index contributed by atoms with van der Waals surface area (Å²) in [4.78, 5) is 83.3. The summed E-state index contributed by atoms with van der Waals surface area (Å²) in [7, 11) is 1.42. The Morgan fingerprint density at radius 1 is 0.853 bits per heavy atom. The molecule has 1 aromatic heterocycles. The Morgan fingerprint density at radius 2 is 1.49 bits per heavy atom. The number of hydrogen-bond acceptors (Lipinski definition) is 12. The third-order valence-electron chi connectivity index (χ3n) is 10.5. The largest absolute Gasteiger partial charge is 1.00 e. The number of aromatic nitrogens is 1. The van der Waals surface area contributed by atoms with Crippen LogP contribution in [0.25, 0.3) is 0 Å². The molecule has 0 radical (unpaired) electrons. The standard InChI is InChI=1S/C50H53N5O11S.BrH/c1-49(2,3)65-47(60)52-40-44(58)55-41(46(59)64-42(32-14-10-8-11-15-32)33-16-12-9-13-17-33)35(30-67-45(40)55)26-34-22-25-54(43(34)57)28-31-20-23-53(24-21-31)29-39(56)51-36-18-19-37(38(27-36)62-7)63-48(61)66-50(4,5)6;/h8-21,23-24,26-27,40,42,45H,22,25,28-30H2,1-7H3,(H-,51,52,56,60);1H/b34-26+;/t40-,45-;/m1./s1. The van der Waals surface area contributed by atoms with Crippen LogP contribution in [0, 0.1) is 0 Å². The second kappa shape index (κ2) is 21.5. The van der Waals surface area contributed by atoms with Gasteiger partial charge in [0.1, 0.15) is 28.3 Å². The Kier molecular flexibility index (Phi) is 16.1. The molecule has 18 heteroatoms. The first-order chi connectivity index (χ1) is 31.9. The second-order valence-corrected chi connectivity index (χ2v) is 19.1. The van der Waals surface area contributed by atoms with E-state index in [1.54, 1.807) is 75.5 Å². The highest BCUT2D eigenvalue weighted by molar-refractivity contribution is 8.00. The Morgan fingerprint density at radius 3 is 2.09 bits per heavy atom. The number of methoxy groups -OCH3 is 1. The van der Waals surface area contributed by atoms with E-state index >= 15 is 0 Å². The number of thioether (sulfide) groups is 1. The average molecular weight is 1010 g/mol. The fourth-order valence-corrected chi connectivity index (χ4v) is 8.87. The van der Waals surface area contributed by atoms with E-state index in [2.05, 4.69) is 10.6 Å². The molecule has 4 heterocycles. The number of hydrogen-bond donors (Lipinski definition) is 2. The van der Waals surface area contributed by atoms with E-state index in [1.807, 2.05) is 72.8 Å². The zero-order valence-corrected chi connectivity index (χ0v) is 41.2. The highest BCUT2D eigenvalue weighted by atomic mass is 79.9. The van der Waals surface area contributed by atoms with Gasteiger partial charge in [0, 0.05) is 48.3 Å². The van der Waals surface area contributed by atoms with Crippen LogP contribution in [0.2, 0.25) is 0 Å². The van der Waals surface area contributed by atoms with Gasteiger partial charge in [-0.2, -0.15) is 4.57 Å². The number of allylic oxidation sites excluding steroid dienone is 1. The van der Waals surface area contributed by atoms with Crippen molar-refractivity contribution in [1.82, 2.24) is 15.1 Å². The highest BCUT2D eigenvalue weighted by Gasteiger charge is 2.55. The zero-order valence-electron chi connectivity index (χ0n) is 38.8. The van der Waals surface area contributed by atoms with Crippen molar-refractivity contribution < 1.29 is 74.0 Å². The smallest absolute Gasteiger partial charge is 0.514 e. The number of carbonyl (C=O) groups excluding carboxylic acids is 6. The molecule has 3 aromatic carbocycles. The summed E-state index contributed by atoms with van der Waals surface area (Å²) in [6.45, 7) is 11.1. The van der Waals surface area contributed by atoms with Gasteiger partial charge in [0.15, 0.2) is 30.0 Å². The van der Waals surface area contributed by atoms with Crippen molar-refractivity contribution in [3.8, 4) is 11.5 Å². The van der Waals surface area contributed by atoms with Crippen molar-refractivity contribution in [2.45, 2.75) is 89.8 Å². The van der Waals surface area contributed by atoms with Crippen LogP contribution in [-0.4, -0.2) is 87.8 Å². The number of carbonyl (C=O) groups is 6. The number of anilines is 1. The number of halogens is 1. The van der Waals surface area contributed by atoms with E-state index < -0.39 is 52.8 Å². The molecule has 2 atom stereocenters. The minimum Gasteiger partial charge on any atom is -1.00 e. The number of β-lactam (4-membered cyclic amide) rings is 1. The van der Waals surface area contributed by atoms with E-state index in [1.165, 1.54) is 35.9 Å². The summed E-state index contributed by atoms with van der Waals surface area (Å²) in [5.74, 6) is -1.15. The van der Waals surface area contributed by atoms with Crippen molar-refractivity contribution in [1.29, 1.82) is 0 Å². The molecule has 358 valence electrons. The number of nitrogens with one attached hydrogen (secondary N) is 2. The van der Waals surface area contributed by atoms with E-state index in [-0.39, 0.29) is 58.3 Å². The third kappa shape index (κ3) is 12.7. The van der Waals surface area contributed by atoms with Crippen molar-refractivity contribution in [3.63, 3.8) is 0 Å². The lowest BCUT2D eigenvalue weighted by atomic mass is 10.00. The Bertz CT molecular complexity index is 2560. The molecule has 7 rings (SSSR count).